The molecule has 3 N–H and O–H groups in total. The Balaban J connectivity index is 1.57. The monoisotopic (exact) mass is 731 g/mol. The van der Waals surface area contributed by atoms with Gasteiger partial charge in [-0.05, 0) is 105 Å². The van der Waals surface area contributed by atoms with Gasteiger partial charge in [-0.1, -0.05) is 18.7 Å². The number of β-amino-alcohol motifs (C(OH)–C–C–N with tert-alkyl or cyclic N) is 1. The van der Waals surface area contributed by atoms with Crippen molar-refractivity contribution < 1.29 is 33.8 Å². The summed E-state index contributed by atoms with van der Waals surface area (Å²) >= 11 is 0. The normalized spacial score (nSPS) is 20.5. The topological polar surface area (TPSA) is 168 Å². The Morgan fingerprint density at radius 2 is 1.56 bits per heavy atom. The molecule has 6 heterocycles. The molecule has 3 aliphatic heterocycles. The maximum absolute atomic E-state index is 14.1. The molecule has 3 atom stereocenters. The van der Waals surface area contributed by atoms with E-state index in [1.54, 1.807) is 6.08 Å². The van der Waals surface area contributed by atoms with Gasteiger partial charge in [-0.3, -0.25) is 29.1 Å². The van der Waals surface area contributed by atoms with Crippen molar-refractivity contribution in [1.29, 1.82) is 0 Å². The molecule has 1 aliphatic carbocycles. The van der Waals surface area contributed by atoms with Gasteiger partial charge in [-0.2, -0.15) is 0 Å². The number of fused-ring (bicyclic) bond motifs is 13. The minimum atomic E-state index is -0.968. The number of H-pyrrole nitrogens is 2. The lowest BCUT2D eigenvalue weighted by molar-refractivity contribution is -0.141. The minimum absolute atomic E-state index is 0.0584. The fourth-order valence-corrected chi connectivity index (χ4v) is 8.74. The van der Waals surface area contributed by atoms with Gasteiger partial charge in [-0.15, -0.1) is 0 Å². The molecule has 0 saturated carbocycles. The number of aromatic amines is 2. The Morgan fingerprint density at radius 3 is 2.24 bits per heavy atom. The van der Waals surface area contributed by atoms with E-state index in [-0.39, 0.29) is 49.7 Å². The van der Waals surface area contributed by atoms with Gasteiger partial charge in [0.1, 0.15) is 0 Å². The Morgan fingerprint density at radius 1 is 0.907 bits per heavy atom. The Hall–Kier alpha value is -5.62. The number of aliphatic hydroxyl groups excluding tert-OH is 1. The van der Waals surface area contributed by atoms with Crippen LogP contribution in [0.1, 0.15) is 84.6 Å². The van der Waals surface area contributed by atoms with Gasteiger partial charge in [0.25, 0.3) is 0 Å². The highest BCUT2D eigenvalue weighted by Gasteiger charge is 2.60. The first-order chi connectivity index (χ1) is 25.9. The van der Waals surface area contributed by atoms with Gasteiger partial charge in [-0.25, -0.2) is 4.98 Å². The highest BCUT2D eigenvalue weighted by atomic mass is 16.5. The number of hydrogen-bond acceptors (Lipinski definition) is 9. The zero-order valence-corrected chi connectivity index (χ0v) is 31.5. The van der Waals surface area contributed by atoms with Crippen molar-refractivity contribution in [3.05, 3.63) is 81.9 Å². The van der Waals surface area contributed by atoms with Crippen LogP contribution in [-0.4, -0.2) is 81.1 Å². The highest BCUT2D eigenvalue weighted by Crippen LogP contribution is 2.56. The number of hydrogen-bond donors (Lipinski definition) is 3. The second-order valence-corrected chi connectivity index (χ2v) is 14.5. The summed E-state index contributed by atoms with van der Waals surface area (Å²) in [7, 11) is 2.74. The molecule has 4 aliphatic rings. The number of ether oxygens (including phenoxy) is 2. The first-order valence-electron chi connectivity index (χ1n) is 18.2. The summed E-state index contributed by atoms with van der Waals surface area (Å²) in [6, 6.07) is 7.88. The predicted octanol–water partition coefficient (Wildman–Crippen LogP) is 5.90. The molecule has 1 fully saturated rings. The SMILES string of the molecule is C=Cc1c(C)c2cc3nc(cc4[nH]c(cc5nc(cc1[nH]2)C(C)=C5CCC(=O)OC)c(CCC(=O)OC)c4C)[C@@]1(C)C3=CC[C@H]2C(=O)N(CCO)C(=O)[C@H]21. The van der Waals surface area contributed by atoms with Crippen molar-refractivity contribution in [3.63, 3.8) is 0 Å². The third kappa shape index (κ3) is 5.80. The summed E-state index contributed by atoms with van der Waals surface area (Å²) in [5.41, 5.74) is 11.1. The predicted molar refractivity (Wildman–Crippen MR) is 205 cm³/mol. The zero-order chi connectivity index (χ0) is 38.6. The number of amides is 2. The summed E-state index contributed by atoms with van der Waals surface area (Å²) in [6.07, 6.45) is 5.33. The van der Waals surface area contributed by atoms with Crippen molar-refractivity contribution >= 4 is 68.6 Å². The number of aliphatic hydroxyl groups is 1. The highest BCUT2D eigenvalue weighted by molar-refractivity contribution is 6.08. The van der Waals surface area contributed by atoms with E-state index < -0.39 is 17.3 Å². The number of likely N-dealkylation sites (tertiary alicyclic amines) is 1. The smallest absolute Gasteiger partial charge is 0.305 e. The molecule has 0 spiro atoms. The lowest BCUT2D eigenvalue weighted by Gasteiger charge is -2.37. The standard InChI is InChI=1S/C42H45N5O7/c1-8-24-21(2)30-18-35-28-12-9-27-39(41(52)47(15-16-48)40(27)51)42(28,5)36(46-35)20-31-23(4)26(11-14-38(50)54-7)34(45-31)19-33-25(10-13-37(49)53-6)22(3)29(44-33)17-32(24)43-30/h8,12,17-20,27,39,43,45,48H,1,9-11,13-16H2,2-7H3/t27-,39+,42-/m1/s1. The number of aryl methyl sites for hydroxylation is 3. The van der Waals surface area contributed by atoms with Gasteiger partial charge >= 0.3 is 11.9 Å². The first kappa shape index (κ1) is 36.7. The Kier molecular flexibility index (Phi) is 9.51. The van der Waals surface area contributed by atoms with Gasteiger partial charge in [0.05, 0.1) is 62.0 Å². The number of nitrogens with one attached hydrogen (secondary N) is 2. The minimum Gasteiger partial charge on any atom is -0.469 e. The van der Waals surface area contributed by atoms with Crippen molar-refractivity contribution in [2.45, 2.75) is 65.2 Å². The number of methoxy groups -OCH3 is 2. The van der Waals surface area contributed by atoms with Crippen LogP contribution < -0.4 is 0 Å². The van der Waals surface area contributed by atoms with E-state index in [2.05, 4.69) is 16.5 Å². The van der Waals surface area contributed by atoms with Crippen LogP contribution in [0.5, 0.6) is 0 Å². The van der Waals surface area contributed by atoms with Crippen molar-refractivity contribution in [2.75, 3.05) is 27.4 Å². The van der Waals surface area contributed by atoms with Crippen LogP contribution in [0.2, 0.25) is 0 Å². The van der Waals surface area contributed by atoms with E-state index in [1.165, 1.54) is 19.1 Å². The van der Waals surface area contributed by atoms with Crippen LogP contribution in [0, 0.1) is 25.7 Å². The fourth-order valence-electron chi connectivity index (χ4n) is 8.74. The molecule has 7 rings (SSSR count). The van der Waals surface area contributed by atoms with Crippen molar-refractivity contribution in [2.24, 2.45) is 11.8 Å². The van der Waals surface area contributed by atoms with Crippen molar-refractivity contribution in [1.82, 2.24) is 24.8 Å². The summed E-state index contributed by atoms with van der Waals surface area (Å²) in [6.45, 7) is 11.7. The molecule has 0 radical (unpaired) electrons. The fraction of sp³-hybridized carbons (Fsp3) is 0.381. The van der Waals surface area contributed by atoms with Crippen LogP contribution in [0.3, 0.4) is 0 Å². The number of allylic oxidation sites excluding steroid dienone is 4. The first-order valence-corrected chi connectivity index (χ1v) is 18.2. The number of carbonyl (C=O) groups excluding carboxylic acids is 4. The number of aromatic nitrogens is 4. The van der Waals surface area contributed by atoms with E-state index in [0.717, 1.165) is 66.7 Å². The summed E-state index contributed by atoms with van der Waals surface area (Å²) in [5.74, 6) is -2.56. The van der Waals surface area contributed by atoms with Crippen LogP contribution in [-0.2, 0) is 40.5 Å². The molecule has 12 heteroatoms. The third-order valence-electron chi connectivity index (χ3n) is 11.8. The lowest BCUT2D eigenvalue weighted by atomic mass is 9.61. The van der Waals surface area contributed by atoms with E-state index in [0.29, 0.717) is 36.3 Å². The van der Waals surface area contributed by atoms with E-state index in [9.17, 15) is 24.3 Å². The van der Waals surface area contributed by atoms with E-state index >= 15 is 0 Å². The van der Waals surface area contributed by atoms with E-state index in [4.69, 9.17) is 19.4 Å². The molecule has 2 amide bonds. The molecule has 12 nitrogen and oxygen atoms in total. The molecule has 1 saturated heterocycles. The average molecular weight is 732 g/mol. The second kappa shape index (κ2) is 14.0. The Bertz CT molecular complexity index is 2380. The molecule has 8 bridgehead atoms. The average Bonchev–Trinajstić information content (AvgIpc) is 3.87. The largest absolute Gasteiger partial charge is 0.469 e. The van der Waals surface area contributed by atoms with Gasteiger partial charge < -0.3 is 24.5 Å². The van der Waals surface area contributed by atoms with Crippen LogP contribution >= 0.6 is 0 Å². The lowest BCUT2D eigenvalue weighted by Crippen LogP contribution is -2.42. The number of esters is 2. The zero-order valence-electron chi connectivity index (χ0n) is 31.5. The molecule has 280 valence electrons. The Labute approximate surface area is 313 Å². The van der Waals surface area contributed by atoms with Crippen LogP contribution in [0.15, 0.2) is 36.9 Å². The van der Waals surface area contributed by atoms with Gasteiger partial charge in [0, 0.05) is 45.9 Å². The summed E-state index contributed by atoms with van der Waals surface area (Å²) in [5, 5.41) is 9.75. The van der Waals surface area contributed by atoms with Crippen LogP contribution in [0.4, 0.5) is 0 Å². The molecule has 0 unspecified atom stereocenters. The van der Waals surface area contributed by atoms with Gasteiger partial charge in [0.2, 0.25) is 11.8 Å². The second-order valence-electron chi connectivity index (χ2n) is 14.5. The van der Waals surface area contributed by atoms with Crippen LogP contribution in [0.25, 0.3) is 44.9 Å². The number of imide groups is 1. The number of carbonyl (C=O) groups is 4. The number of nitrogens with zero attached hydrogens (tertiary/aromatic N) is 3. The molecular weight excluding hydrogens is 686 g/mol. The van der Waals surface area contributed by atoms with E-state index in [1.807, 2.05) is 58.0 Å². The molecule has 0 aromatic carbocycles. The molecule has 3 aromatic rings. The summed E-state index contributed by atoms with van der Waals surface area (Å²) in [4.78, 5) is 71.1. The summed E-state index contributed by atoms with van der Waals surface area (Å²) < 4.78 is 9.96. The third-order valence-corrected chi connectivity index (χ3v) is 11.8. The maximum atomic E-state index is 14.1. The molecule has 3 aromatic heterocycles. The quantitative estimate of drug-likeness (QED) is 0.179. The number of rotatable bonds is 9. The maximum Gasteiger partial charge on any atom is 0.305 e. The molecular formula is C42H45N5O7. The molecule has 54 heavy (non-hydrogen) atoms. The van der Waals surface area contributed by atoms with Crippen molar-refractivity contribution in [3.8, 4) is 0 Å². The van der Waals surface area contributed by atoms with Gasteiger partial charge in [0.15, 0.2) is 0 Å².